The maximum absolute atomic E-state index is 12.0. The van der Waals surface area contributed by atoms with E-state index in [9.17, 15) is 4.79 Å². The van der Waals surface area contributed by atoms with Gasteiger partial charge in [-0.15, -0.1) is 0 Å². The zero-order valence-electron chi connectivity index (χ0n) is 16.5. The largest absolute Gasteiger partial charge is 0.465 e. The van der Waals surface area contributed by atoms with Crippen molar-refractivity contribution in [2.45, 2.75) is 26.7 Å². The lowest BCUT2D eigenvalue weighted by atomic mass is 10.0. The Hall–Kier alpha value is -3.41. The van der Waals surface area contributed by atoms with Crippen molar-refractivity contribution in [2.75, 3.05) is 17.7 Å². The lowest BCUT2D eigenvalue weighted by Crippen LogP contribution is -2.08. The van der Waals surface area contributed by atoms with Crippen LogP contribution >= 0.6 is 0 Å². The van der Waals surface area contributed by atoms with Gasteiger partial charge in [0, 0.05) is 17.4 Å². The molecule has 6 heteroatoms. The third-order valence-corrected chi connectivity index (χ3v) is 4.28. The van der Waals surface area contributed by atoms with Gasteiger partial charge in [-0.05, 0) is 42.7 Å². The summed E-state index contributed by atoms with van der Waals surface area (Å²) in [6, 6.07) is 17.2. The highest BCUT2D eigenvalue weighted by Crippen LogP contribution is 2.23. The fourth-order valence-corrected chi connectivity index (χ4v) is 2.79. The summed E-state index contributed by atoms with van der Waals surface area (Å²) in [5.41, 5.74) is 4.05. The molecule has 2 aromatic carbocycles. The SMILES string of the molecule is COC(=O)c1ccccc1Nc1nc(C)cc(Nc2ccc(C(C)C)cc2)n1. The quantitative estimate of drug-likeness (QED) is 0.577. The molecule has 1 heterocycles. The Balaban J connectivity index is 1.83. The molecule has 0 fully saturated rings. The molecule has 0 spiro atoms. The Bertz CT molecular complexity index is 969. The Morgan fingerprint density at radius 3 is 2.39 bits per heavy atom. The van der Waals surface area contributed by atoms with Crippen LogP contribution in [0.4, 0.5) is 23.1 Å². The minimum absolute atomic E-state index is 0.401. The first-order valence-electron chi connectivity index (χ1n) is 9.13. The van der Waals surface area contributed by atoms with Gasteiger partial charge in [-0.2, -0.15) is 4.98 Å². The lowest BCUT2D eigenvalue weighted by Gasteiger charge is -2.12. The maximum atomic E-state index is 12.0. The zero-order chi connectivity index (χ0) is 20.1. The number of carbonyl (C=O) groups is 1. The third-order valence-electron chi connectivity index (χ3n) is 4.28. The van der Waals surface area contributed by atoms with Crippen molar-refractivity contribution in [3.05, 3.63) is 71.4 Å². The molecule has 2 N–H and O–H groups in total. The molecule has 0 saturated heterocycles. The number of para-hydroxylation sites is 1. The van der Waals surface area contributed by atoms with Gasteiger partial charge in [0.25, 0.3) is 0 Å². The fraction of sp³-hybridized carbons (Fsp3) is 0.227. The molecule has 0 aliphatic heterocycles. The molecule has 3 aromatic rings. The summed E-state index contributed by atoms with van der Waals surface area (Å²) in [7, 11) is 1.36. The van der Waals surface area contributed by atoms with Gasteiger partial charge in [-0.3, -0.25) is 0 Å². The highest BCUT2D eigenvalue weighted by Gasteiger charge is 2.12. The highest BCUT2D eigenvalue weighted by atomic mass is 16.5. The van der Waals surface area contributed by atoms with Crippen molar-refractivity contribution in [3.8, 4) is 0 Å². The van der Waals surface area contributed by atoms with Crippen LogP contribution in [0, 0.1) is 6.92 Å². The molecule has 144 valence electrons. The van der Waals surface area contributed by atoms with E-state index in [1.54, 1.807) is 18.2 Å². The van der Waals surface area contributed by atoms with E-state index in [0.717, 1.165) is 11.4 Å². The molecule has 6 nitrogen and oxygen atoms in total. The van der Waals surface area contributed by atoms with E-state index in [1.807, 2.05) is 31.2 Å². The second-order valence-electron chi connectivity index (χ2n) is 6.78. The van der Waals surface area contributed by atoms with E-state index in [-0.39, 0.29) is 0 Å². The maximum Gasteiger partial charge on any atom is 0.339 e. The molecule has 0 aliphatic carbocycles. The Labute approximate surface area is 165 Å². The summed E-state index contributed by atoms with van der Waals surface area (Å²) in [6.07, 6.45) is 0. The Morgan fingerprint density at radius 2 is 1.71 bits per heavy atom. The van der Waals surface area contributed by atoms with Crippen LogP contribution in [0.1, 0.15) is 41.4 Å². The number of aromatic nitrogens is 2. The lowest BCUT2D eigenvalue weighted by molar-refractivity contribution is 0.0602. The second kappa shape index (κ2) is 8.52. The molecular formula is C22H24N4O2. The zero-order valence-corrected chi connectivity index (χ0v) is 16.5. The van der Waals surface area contributed by atoms with Crippen molar-refractivity contribution in [3.63, 3.8) is 0 Å². The molecule has 28 heavy (non-hydrogen) atoms. The number of benzene rings is 2. The minimum Gasteiger partial charge on any atom is -0.465 e. The Kier molecular flexibility index (Phi) is 5.89. The number of nitrogens with one attached hydrogen (secondary N) is 2. The van der Waals surface area contributed by atoms with Gasteiger partial charge in [0.2, 0.25) is 5.95 Å². The van der Waals surface area contributed by atoms with Gasteiger partial charge in [-0.1, -0.05) is 38.1 Å². The van der Waals surface area contributed by atoms with Crippen molar-refractivity contribution in [1.29, 1.82) is 0 Å². The molecule has 0 amide bonds. The fourth-order valence-electron chi connectivity index (χ4n) is 2.79. The number of nitrogens with zero attached hydrogens (tertiary/aromatic N) is 2. The first kappa shape index (κ1) is 19.4. The van der Waals surface area contributed by atoms with Crippen molar-refractivity contribution >= 4 is 29.1 Å². The topological polar surface area (TPSA) is 76.1 Å². The van der Waals surface area contributed by atoms with Crippen molar-refractivity contribution in [1.82, 2.24) is 9.97 Å². The van der Waals surface area contributed by atoms with E-state index in [1.165, 1.54) is 12.7 Å². The Morgan fingerprint density at radius 1 is 1.00 bits per heavy atom. The monoisotopic (exact) mass is 376 g/mol. The van der Waals surface area contributed by atoms with Gasteiger partial charge < -0.3 is 15.4 Å². The summed E-state index contributed by atoms with van der Waals surface area (Å²) in [5, 5.41) is 6.42. The van der Waals surface area contributed by atoms with Crippen LogP contribution in [-0.2, 0) is 4.74 Å². The second-order valence-corrected chi connectivity index (χ2v) is 6.78. The number of esters is 1. The standard InChI is InChI=1S/C22H24N4O2/c1-14(2)16-9-11-17(12-10-16)24-20-13-15(3)23-22(26-20)25-19-8-6-5-7-18(19)21(27)28-4/h5-14H,1-4H3,(H2,23,24,25,26). The summed E-state index contributed by atoms with van der Waals surface area (Å²) in [5.74, 6) is 1.14. The molecule has 0 bridgehead atoms. The molecule has 1 aromatic heterocycles. The van der Waals surface area contributed by atoms with Crippen molar-refractivity contribution < 1.29 is 9.53 Å². The molecule has 0 aliphatic rings. The predicted octanol–water partition coefficient (Wildman–Crippen LogP) is 5.18. The van der Waals surface area contributed by atoms with Gasteiger partial charge in [0.15, 0.2) is 0 Å². The number of ether oxygens (including phenoxy) is 1. The molecule has 0 radical (unpaired) electrons. The van der Waals surface area contributed by atoms with Gasteiger partial charge in [0.05, 0.1) is 18.4 Å². The number of methoxy groups -OCH3 is 1. The summed E-state index contributed by atoms with van der Waals surface area (Å²) in [4.78, 5) is 20.9. The molecule has 0 saturated carbocycles. The first-order chi connectivity index (χ1) is 13.5. The van der Waals surface area contributed by atoms with Crippen molar-refractivity contribution in [2.24, 2.45) is 0 Å². The number of aryl methyl sites for hydroxylation is 1. The van der Waals surface area contributed by atoms with Gasteiger partial charge in [-0.25, -0.2) is 9.78 Å². The normalized spacial score (nSPS) is 10.6. The summed E-state index contributed by atoms with van der Waals surface area (Å²) >= 11 is 0. The molecule has 0 atom stereocenters. The first-order valence-corrected chi connectivity index (χ1v) is 9.13. The summed E-state index contributed by atoms with van der Waals surface area (Å²) in [6.45, 7) is 6.23. The van der Waals surface area contributed by atoms with Crippen LogP contribution in [-0.4, -0.2) is 23.0 Å². The number of carbonyl (C=O) groups excluding carboxylic acids is 1. The van der Waals surface area contributed by atoms with Crippen LogP contribution in [0.25, 0.3) is 0 Å². The van der Waals surface area contributed by atoms with Crippen LogP contribution in [0.2, 0.25) is 0 Å². The van der Waals surface area contributed by atoms with Gasteiger partial charge in [0.1, 0.15) is 5.82 Å². The third kappa shape index (κ3) is 4.65. The van der Waals surface area contributed by atoms with E-state index in [0.29, 0.717) is 28.9 Å². The minimum atomic E-state index is -0.417. The molecule has 3 rings (SSSR count). The smallest absolute Gasteiger partial charge is 0.339 e. The van der Waals surface area contributed by atoms with E-state index >= 15 is 0 Å². The van der Waals surface area contributed by atoms with E-state index in [2.05, 4.69) is 46.6 Å². The van der Waals surface area contributed by atoms with Crippen LogP contribution in [0.15, 0.2) is 54.6 Å². The predicted molar refractivity (Wildman–Crippen MR) is 112 cm³/mol. The van der Waals surface area contributed by atoms with Crippen LogP contribution < -0.4 is 10.6 Å². The van der Waals surface area contributed by atoms with E-state index < -0.39 is 5.97 Å². The van der Waals surface area contributed by atoms with Crippen LogP contribution in [0.3, 0.4) is 0 Å². The van der Waals surface area contributed by atoms with Crippen LogP contribution in [0.5, 0.6) is 0 Å². The summed E-state index contributed by atoms with van der Waals surface area (Å²) < 4.78 is 4.84. The average molecular weight is 376 g/mol. The number of rotatable bonds is 6. The van der Waals surface area contributed by atoms with Gasteiger partial charge >= 0.3 is 5.97 Å². The average Bonchev–Trinajstić information content (AvgIpc) is 2.68. The van der Waals surface area contributed by atoms with E-state index in [4.69, 9.17) is 4.74 Å². The number of hydrogen-bond donors (Lipinski definition) is 2. The molecule has 0 unspecified atom stereocenters. The number of anilines is 4. The molecular weight excluding hydrogens is 352 g/mol. The number of hydrogen-bond acceptors (Lipinski definition) is 6. The highest BCUT2D eigenvalue weighted by molar-refractivity contribution is 5.96.